The van der Waals surface area contributed by atoms with Gasteiger partial charge in [0.2, 0.25) is 5.91 Å². The van der Waals surface area contributed by atoms with Crippen molar-refractivity contribution in [2.75, 3.05) is 16.6 Å². The monoisotopic (exact) mass is 410 g/mol. The molecule has 0 radical (unpaired) electrons. The second-order valence-corrected chi connectivity index (χ2v) is 8.14. The van der Waals surface area contributed by atoms with Crippen LogP contribution in [0.3, 0.4) is 0 Å². The zero-order valence-corrected chi connectivity index (χ0v) is 16.8. The summed E-state index contributed by atoms with van der Waals surface area (Å²) in [6.07, 6.45) is 0.184. The molecule has 29 heavy (non-hydrogen) atoms. The number of carbonyl (C=O) groups is 1. The van der Waals surface area contributed by atoms with Gasteiger partial charge in [0.15, 0.2) is 0 Å². The molecule has 0 spiro atoms. The summed E-state index contributed by atoms with van der Waals surface area (Å²) in [6, 6.07) is 22.3. The molecular formula is C22H22N2O4S. The average molecular weight is 410 g/mol. The number of sulfonamides is 1. The van der Waals surface area contributed by atoms with E-state index in [1.807, 2.05) is 31.2 Å². The van der Waals surface area contributed by atoms with Gasteiger partial charge in [-0.2, -0.15) is 0 Å². The molecule has 3 rings (SSSR count). The number of para-hydroxylation sites is 1. The molecule has 6 nitrogen and oxygen atoms in total. The lowest BCUT2D eigenvalue weighted by atomic mass is 10.2. The molecule has 0 aliphatic carbocycles. The Kier molecular flexibility index (Phi) is 6.51. The number of amides is 1. The van der Waals surface area contributed by atoms with E-state index in [9.17, 15) is 13.2 Å². The van der Waals surface area contributed by atoms with Crippen molar-refractivity contribution in [2.45, 2.75) is 18.2 Å². The molecule has 2 N–H and O–H groups in total. The highest BCUT2D eigenvalue weighted by Crippen LogP contribution is 2.18. The molecule has 0 fully saturated rings. The molecule has 0 unspecified atom stereocenters. The Hall–Kier alpha value is -3.32. The molecule has 0 heterocycles. The van der Waals surface area contributed by atoms with E-state index in [0.29, 0.717) is 11.4 Å². The Bertz CT molecular complexity index is 1070. The van der Waals surface area contributed by atoms with E-state index in [-0.39, 0.29) is 23.8 Å². The number of benzene rings is 3. The van der Waals surface area contributed by atoms with Gasteiger partial charge in [0.1, 0.15) is 5.75 Å². The standard InChI is InChI=1S/C22H22N2O4S/c1-17-6-5-9-20(16-17)28-15-14-22(25)23-18-10-12-21(13-11-18)29(26,27)24-19-7-3-2-4-8-19/h2-13,16,24H,14-15H2,1H3,(H,23,25). The molecule has 0 aliphatic heterocycles. The normalized spacial score (nSPS) is 10.9. The first-order valence-electron chi connectivity index (χ1n) is 9.10. The second-order valence-electron chi connectivity index (χ2n) is 6.46. The SMILES string of the molecule is Cc1cccc(OCCC(=O)Nc2ccc(S(=O)(=O)Nc3ccccc3)cc2)c1. The average Bonchev–Trinajstić information content (AvgIpc) is 2.69. The lowest BCUT2D eigenvalue weighted by molar-refractivity contribution is -0.116. The summed E-state index contributed by atoms with van der Waals surface area (Å²) in [4.78, 5) is 12.2. The zero-order valence-electron chi connectivity index (χ0n) is 16.0. The smallest absolute Gasteiger partial charge is 0.261 e. The molecule has 0 aliphatic rings. The molecule has 0 saturated heterocycles. The van der Waals surface area contributed by atoms with Crippen molar-refractivity contribution in [1.82, 2.24) is 0 Å². The van der Waals surface area contributed by atoms with E-state index < -0.39 is 10.0 Å². The van der Waals surface area contributed by atoms with Gasteiger partial charge in [-0.05, 0) is 61.0 Å². The van der Waals surface area contributed by atoms with Crippen molar-refractivity contribution in [2.24, 2.45) is 0 Å². The van der Waals surface area contributed by atoms with Crippen LogP contribution < -0.4 is 14.8 Å². The maximum Gasteiger partial charge on any atom is 0.261 e. The van der Waals surface area contributed by atoms with E-state index in [1.54, 1.807) is 42.5 Å². The van der Waals surface area contributed by atoms with Gasteiger partial charge in [-0.15, -0.1) is 0 Å². The van der Waals surface area contributed by atoms with Gasteiger partial charge in [-0.1, -0.05) is 30.3 Å². The number of carbonyl (C=O) groups excluding carboxylic acids is 1. The van der Waals surface area contributed by atoms with E-state index in [4.69, 9.17) is 4.74 Å². The van der Waals surface area contributed by atoms with Crippen LogP contribution in [0.5, 0.6) is 5.75 Å². The third kappa shape index (κ3) is 6.08. The highest BCUT2D eigenvalue weighted by atomic mass is 32.2. The molecule has 0 aromatic heterocycles. The number of hydrogen-bond acceptors (Lipinski definition) is 4. The van der Waals surface area contributed by atoms with Gasteiger partial charge in [0.25, 0.3) is 10.0 Å². The fourth-order valence-corrected chi connectivity index (χ4v) is 3.69. The summed E-state index contributed by atoms with van der Waals surface area (Å²) in [7, 11) is -3.69. The van der Waals surface area contributed by atoms with Crippen molar-refractivity contribution in [3.8, 4) is 5.75 Å². The van der Waals surface area contributed by atoms with Crippen LogP contribution in [0.25, 0.3) is 0 Å². The van der Waals surface area contributed by atoms with Gasteiger partial charge >= 0.3 is 0 Å². The summed E-state index contributed by atoms with van der Waals surface area (Å²) in [5, 5.41) is 2.73. The summed E-state index contributed by atoms with van der Waals surface area (Å²) in [5.74, 6) is 0.508. The van der Waals surface area contributed by atoms with Crippen molar-refractivity contribution in [3.05, 3.63) is 84.4 Å². The number of hydrogen-bond donors (Lipinski definition) is 2. The van der Waals surface area contributed by atoms with Crippen LogP contribution in [0.1, 0.15) is 12.0 Å². The number of rotatable bonds is 8. The first kappa shape index (κ1) is 20.4. The van der Waals surface area contributed by atoms with Gasteiger partial charge in [-0.3, -0.25) is 9.52 Å². The van der Waals surface area contributed by atoms with Crippen LogP contribution >= 0.6 is 0 Å². The lowest BCUT2D eigenvalue weighted by Crippen LogP contribution is -2.16. The van der Waals surface area contributed by atoms with E-state index in [2.05, 4.69) is 10.0 Å². The highest BCUT2D eigenvalue weighted by Gasteiger charge is 2.14. The molecule has 3 aromatic carbocycles. The van der Waals surface area contributed by atoms with Gasteiger partial charge in [0.05, 0.1) is 17.9 Å². The molecule has 7 heteroatoms. The van der Waals surface area contributed by atoms with E-state index >= 15 is 0 Å². The second kappa shape index (κ2) is 9.25. The predicted molar refractivity (Wildman–Crippen MR) is 114 cm³/mol. The Balaban J connectivity index is 1.52. The van der Waals surface area contributed by atoms with Crippen LogP contribution in [-0.4, -0.2) is 20.9 Å². The Labute approximate surface area is 170 Å². The van der Waals surface area contributed by atoms with Crippen LogP contribution in [0, 0.1) is 6.92 Å². The van der Waals surface area contributed by atoms with Crippen molar-refractivity contribution < 1.29 is 17.9 Å². The quantitative estimate of drug-likeness (QED) is 0.583. The first-order valence-corrected chi connectivity index (χ1v) is 10.6. The molecule has 0 saturated carbocycles. The first-order chi connectivity index (χ1) is 13.9. The summed E-state index contributed by atoms with van der Waals surface area (Å²) in [5.41, 5.74) is 2.09. The number of ether oxygens (including phenoxy) is 1. The van der Waals surface area contributed by atoms with E-state index in [0.717, 1.165) is 11.3 Å². The Morgan fingerprint density at radius 2 is 1.62 bits per heavy atom. The fraction of sp³-hybridized carbons (Fsp3) is 0.136. The van der Waals surface area contributed by atoms with Crippen LogP contribution in [-0.2, 0) is 14.8 Å². The maximum atomic E-state index is 12.4. The lowest BCUT2D eigenvalue weighted by Gasteiger charge is -2.10. The number of aryl methyl sites for hydroxylation is 1. The minimum absolute atomic E-state index is 0.113. The molecule has 0 atom stereocenters. The van der Waals surface area contributed by atoms with Crippen LogP contribution in [0.15, 0.2) is 83.8 Å². The zero-order chi connectivity index (χ0) is 20.7. The molecule has 1 amide bonds. The van der Waals surface area contributed by atoms with E-state index in [1.165, 1.54) is 12.1 Å². The van der Waals surface area contributed by atoms with Gasteiger partial charge < -0.3 is 10.1 Å². The minimum Gasteiger partial charge on any atom is -0.493 e. The molecular weight excluding hydrogens is 388 g/mol. The number of anilines is 2. The van der Waals surface area contributed by atoms with Crippen molar-refractivity contribution in [1.29, 1.82) is 0 Å². The van der Waals surface area contributed by atoms with Crippen molar-refractivity contribution in [3.63, 3.8) is 0 Å². The largest absolute Gasteiger partial charge is 0.493 e. The summed E-state index contributed by atoms with van der Waals surface area (Å²) in [6.45, 7) is 2.22. The fourth-order valence-electron chi connectivity index (χ4n) is 2.63. The van der Waals surface area contributed by atoms with Crippen LogP contribution in [0.4, 0.5) is 11.4 Å². The summed E-state index contributed by atoms with van der Waals surface area (Å²) >= 11 is 0. The third-order valence-corrected chi connectivity index (χ3v) is 5.46. The van der Waals surface area contributed by atoms with Gasteiger partial charge in [-0.25, -0.2) is 8.42 Å². The Morgan fingerprint density at radius 3 is 2.31 bits per heavy atom. The third-order valence-electron chi connectivity index (χ3n) is 4.06. The molecule has 150 valence electrons. The van der Waals surface area contributed by atoms with Gasteiger partial charge in [0, 0.05) is 11.4 Å². The number of nitrogens with one attached hydrogen (secondary N) is 2. The minimum atomic E-state index is -3.69. The Morgan fingerprint density at radius 1 is 0.897 bits per heavy atom. The molecule has 3 aromatic rings. The molecule has 0 bridgehead atoms. The predicted octanol–water partition coefficient (Wildman–Crippen LogP) is 4.20. The topological polar surface area (TPSA) is 84.5 Å². The van der Waals surface area contributed by atoms with Crippen LogP contribution in [0.2, 0.25) is 0 Å². The highest BCUT2D eigenvalue weighted by molar-refractivity contribution is 7.92. The summed E-state index contributed by atoms with van der Waals surface area (Å²) < 4.78 is 32.9. The van der Waals surface area contributed by atoms with Crippen molar-refractivity contribution >= 4 is 27.3 Å². The maximum absolute atomic E-state index is 12.4.